The average Bonchev–Trinajstić information content (AvgIpc) is 2.78. The number of Topliss-reactive ketones (excluding diaryl/α,β-unsaturated/α-hetero) is 1. The Balaban J connectivity index is 1.54. The van der Waals surface area contributed by atoms with E-state index >= 15 is 0 Å². The smallest absolute Gasteiger partial charge is 0.185 e. The average molecular weight is 419 g/mol. The Morgan fingerprint density at radius 3 is 1.97 bits per heavy atom. The van der Waals surface area contributed by atoms with Gasteiger partial charge in [0.15, 0.2) is 5.78 Å². The largest absolute Gasteiger partial charge is 0.508 e. The molecule has 0 heterocycles. The Morgan fingerprint density at radius 1 is 0.806 bits per heavy atom. The molecular weight excluding hydrogens is 384 g/mol. The highest BCUT2D eigenvalue weighted by atomic mass is 16.5. The molecule has 0 saturated heterocycles. The molecule has 0 spiro atoms. The lowest BCUT2D eigenvalue weighted by molar-refractivity contribution is -0.112. The number of benzene rings is 2. The van der Waals surface area contributed by atoms with Gasteiger partial charge < -0.3 is 9.84 Å². The molecule has 0 amide bonds. The van der Waals surface area contributed by atoms with Crippen LogP contribution in [0, 0.1) is 0 Å². The maximum Gasteiger partial charge on any atom is 0.185 e. The van der Waals surface area contributed by atoms with Crippen LogP contribution in [0.15, 0.2) is 59.7 Å². The number of carbonyl (C=O) groups excluding carboxylic acids is 1. The van der Waals surface area contributed by atoms with Crippen LogP contribution < -0.4 is 4.74 Å². The van der Waals surface area contributed by atoms with Crippen LogP contribution in [0.25, 0.3) is 12.2 Å². The number of unbranched alkanes of at least 4 members (excludes halogenated alkanes) is 5. The van der Waals surface area contributed by atoms with E-state index in [-0.39, 0.29) is 11.5 Å². The highest BCUT2D eigenvalue weighted by molar-refractivity contribution is 6.13. The second-order valence-corrected chi connectivity index (χ2v) is 8.30. The number of aromatic hydroxyl groups is 1. The predicted molar refractivity (Wildman–Crippen MR) is 128 cm³/mol. The van der Waals surface area contributed by atoms with Crippen molar-refractivity contribution in [3.8, 4) is 11.5 Å². The molecular formula is C28H34O3. The first-order chi connectivity index (χ1) is 15.2. The van der Waals surface area contributed by atoms with Crippen LogP contribution in [0.2, 0.25) is 0 Å². The van der Waals surface area contributed by atoms with Crippen LogP contribution in [0.5, 0.6) is 11.5 Å². The molecule has 1 aliphatic rings. The van der Waals surface area contributed by atoms with Gasteiger partial charge in [0.25, 0.3) is 0 Å². The zero-order chi connectivity index (χ0) is 21.9. The fraction of sp³-hybridized carbons (Fsp3) is 0.393. The third-order valence-electron chi connectivity index (χ3n) is 5.70. The zero-order valence-electron chi connectivity index (χ0n) is 18.6. The van der Waals surface area contributed by atoms with Gasteiger partial charge in [0.2, 0.25) is 0 Å². The fourth-order valence-electron chi connectivity index (χ4n) is 3.88. The summed E-state index contributed by atoms with van der Waals surface area (Å²) >= 11 is 0. The molecule has 0 aliphatic heterocycles. The molecule has 3 rings (SSSR count). The Kier molecular flexibility index (Phi) is 8.96. The van der Waals surface area contributed by atoms with E-state index in [0.29, 0.717) is 0 Å². The molecule has 0 bridgehead atoms. The van der Waals surface area contributed by atoms with Crippen LogP contribution >= 0.6 is 0 Å². The first-order valence-electron chi connectivity index (χ1n) is 11.6. The van der Waals surface area contributed by atoms with E-state index in [4.69, 9.17) is 4.74 Å². The highest BCUT2D eigenvalue weighted by Gasteiger charge is 2.20. The number of hydrogen-bond acceptors (Lipinski definition) is 3. The van der Waals surface area contributed by atoms with Gasteiger partial charge in [-0.2, -0.15) is 0 Å². The van der Waals surface area contributed by atoms with E-state index in [2.05, 4.69) is 6.92 Å². The maximum absolute atomic E-state index is 12.9. The molecule has 1 saturated carbocycles. The minimum atomic E-state index is 0.128. The molecule has 3 heteroatoms. The van der Waals surface area contributed by atoms with E-state index in [1.807, 2.05) is 48.6 Å². The third-order valence-corrected chi connectivity index (χ3v) is 5.70. The number of ketones is 1. The second-order valence-electron chi connectivity index (χ2n) is 8.30. The quantitative estimate of drug-likeness (QED) is 0.324. The standard InChI is InChI=1S/C28H34O3/c1-2-3-4-5-6-7-19-31-27-17-13-23(14-18-27)21-25-10-8-9-24(28(25)30)20-22-11-15-26(29)16-12-22/h11-18,20-21,29H,2-10,19H2,1H3. The lowest BCUT2D eigenvalue weighted by Gasteiger charge is -2.16. The second kappa shape index (κ2) is 12.1. The van der Waals surface area contributed by atoms with E-state index in [0.717, 1.165) is 60.3 Å². The van der Waals surface area contributed by atoms with Crippen LogP contribution in [0.4, 0.5) is 0 Å². The molecule has 0 unspecified atom stereocenters. The van der Waals surface area contributed by atoms with Crippen LogP contribution in [-0.4, -0.2) is 17.5 Å². The van der Waals surface area contributed by atoms with Gasteiger partial charge in [-0.15, -0.1) is 0 Å². The van der Waals surface area contributed by atoms with Crippen molar-refractivity contribution in [3.63, 3.8) is 0 Å². The minimum absolute atomic E-state index is 0.128. The molecule has 164 valence electrons. The van der Waals surface area contributed by atoms with Crippen molar-refractivity contribution >= 4 is 17.9 Å². The molecule has 1 fully saturated rings. The summed E-state index contributed by atoms with van der Waals surface area (Å²) in [7, 11) is 0. The van der Waals surface area contributed by atoms with Gasteiger partial charge in [0, 0.05) is 11.1 Å². The Bertz CT molecular complexity index is 889. The van der Waals surface area contributed by atoms with Crippen molar-refractivity contribution in [3.05, 3.63) is 70.8 Å². The predicted octanol–water partition coefficient (Wildman–Crippen LogP) is 7.35. The van der Waals surface area contributed by atoms with E-state index in [9.17, 15) is 9.90 Å². The van der Waals surface area contributed by atoms with Crippen LogP contribution in [0.1, 0.15) is 75.8 Å². The van der Waals surface area contributed by atoms with Crippen molar-refractivity contribution in [2.45, 2.75) is 64.7 Å². The molecule has 0 atom stereocenters. The van der Waals surface area contributed by atoms with Gasteiger partial charge in [-0.25, -0.2) is 0 Å². The Morgan fingerprint density at radius 2 is 1.35 bits per heavy atom. The van der Waals surface area contributed by atoms with E-state index < -0.39 is 0 Å². The van der Waals surface area contributed by atoms with Crippen LogP contribution in [0.3, 0.4) is 0 Å². The summed E-state index contributed by atoms with van der Waals surface area (Å²) in [6.07, 6.45) is 14.1. The lowest BCUT2D eigenvalue weighted by atomic mass is 9.87. The molecule has 1 aliphatic carbocycles. The third kappa shape index (κ3) is 7.43. The summed E-state index contributed by atoms with van der Waals surface area (Å²) in [6.45, 7) is 3.00. The van der Waals surface area contributed by atoms with E-state index in [1.165, 1.54) is 32.1 Å². The Labute approximate surface area is 186 Å². The number of phenolic OH excluding ortho intramolecular Hbond substituents is 1. The zero-order valence-corrected chi connectivity index (χ0v) is 18.6. The van der Waals surface area contributed by atoms with Crippen molar-refractivity contribution < 1.29 is 14.6 Å². The summed E-state index contributed by atoms with van der Waals surface area (Å²) in [6, 6.07) is 15.0. The van der Waals surface area contributed by atoms with Crippen molar-refractivity contribution in [1.82, 2.24) is 0 Å². The number of rotatable bonds is 10. The SMILES string of the molecule is CCCCCCCCOc1ccc(C=C2CCCC(=Cc3ccc(O)cc3)C2=O)cc1. The monoisotopic (exact) mass is 418 g/mol. The van der Waals surface area contributed by atoms with Gasteiger partial charge in [0.05, 0.1) is 6.61 Å². The maximum atomic E-state index is 12.9. The van der Waals surface area contributed by atoms with Crippen molar-refractivity contribution in [2.75, 3.05) is 6.61 Å². The molecule has 1 N–H and O–H groups in total. The van der Waals surface area contributed by atoms with Crippen molar-refractivity contribution in [2.24, 2.45) is 0 Å². The molecule has 2 aromatic carbocycles. The van der Waals surface area contributed by atoms with Crippen molar-refractivity contribution in [1.29, 1.82) is 0 Å². The summed E-state index contributed by atoms with van der Waals surface area (Å²) in [4.78, 5) is 12.9. The normalized spacial score (nSPS) is 16.7. The number of ether oxygens (including phenoxy) is 1. The Hall–Kier alpha value is -2.81. The molecule has 2 aromatic rings. The van der Waals surface area contributed by atoms with Gasteiger partial charge >= 0.3 is 0 Å². The molecule has 31 heavy (non-hydrogen) atoms. The lowest BCUT2D eigenvalue weighted by Crippen LogP contribution is -2.12. The summed E-state index contributed by atoms with van der Waals surface area (Å²) in [5, 5.41) is 9.43. The van der Waals surface area contributed by atoms with Crippen LogP contribution in [-0.2, 0) is 4.79 Å². The summed E-state index contributed by atoms with van der Waals surface area (Å²) in [5.41, 5.74) is 3.66. The highest BCUT2D eigenvalue weighted by Crippen LogP contribution is 2.28. The van der Waals surface area contributed by atoms with Gasteiger partial charge in [-0.3, -0.25) is 4.79 Å². The minimum Gasteiger partial charge on any atom is -0.508 e. The van der Waals surface area contributed by atoms with Gasteiger partial charge in [0.1, 0.15) is 11.5 Å². The summed E-state index contributed by atoms with van der Waals surface area (Å²) < 4.78 is 5.86. The first kappa shape index (κ1) is 22.9. The molecule has 0 aromatic heterocycles. The van der Waals surface area contributed by atoms with Gasteiger partial charge in [-0.05, 0) is 73.2 Å². The number of carbonyl (C=O) groups is 1. The number of allylic oxidation sites excluding steroid dienone is 2. The number of hydrogen-bond donors (Lipinski definition) is 1. The topological polar surface area (TPSA) is 46.5 Å². The first-order valence-corrected chi connectivity index (χ1v) is 11.6. The fourth-order valence-corrected chi connectivity index (χ4v) is 3.88. The number of phenols is 1. The van der Waals surface area contributed by atoms with E-state index in [1.54, 1.807) is 12.1 Å². The molecule has 3 nitrogen and oxygen atoms in total. The van der Waals surface area contributed by atoms with Gasteiger partial charge in [-0.1, -0.05) is 63.3 Å². The molecule has 0 radical (unpaired) electrons. The summed E-state index contributed by atoms with van der Waals surface area (Å²) in [5.74, 6) is 1.25.